The lowest BCUT2D eigenvalue weighted by Crippen LogP contribution is -2.07. The van der Waals surface area contributed by atoms with E-state index in [4.69, 9.17) is 5.73 Å². The Bertz CT molecular complexity index is 419. The van der Waals surface area contributed by atoms with Gasteiger partial charge in [-0.3, -0.25) is 4.68 Å². The van der Waals surface area contributed by atoms with Crippen LogP contribution in [0.15, 0.2) is 5.03 Å². The highest BCUT2D eigenvalue weighted by atomic mass is 32.2. The monoisotopic (exact) mass is 203 g/mol. The SMILES string of the molecule is CCc1nn(C)c(S(C)(=O)=O)c1N. The van der Waals surface area contributed by atoms with Crippen molar-refractivity contribution in [1.82, 2.24) is 9.78 Å². The average molecular weight is 203 g/mol. The van der Waals surface area contributed by atoms with Crippen LogP contribution in [0.2, 0.25) is 0 Å². The number of aryl methyl sites for hydroxylation is 2. The molecule has 0 aliphatic rings. The molecule has 0 unspecified atom stereocenters. The molecule has 5 nitrogen and oxygen atoms in total. The fourth-order valence-corrected chi connectivity index (χ4v) is 2.32. The van der Waals surface area contributed by atoms with Crippen LogP contribution in [0.1, 0.15) is 12.6 Å². The third-order valence-electron chi connectivity index (χ3n) is 1.79. The van der Waals surface area contributed by atoms with Crippen molar-refractivity contribution in [3.8, 4) is 0 Å². The second-order valence-corrected chi connectivity index (χ2v) is 4.85. The minimum Gasteiger partial charge on any atom is -0.395 e. The minimum atomic E-state index is -3.28. The number of aromatic nitrogens is 2. The Kier molecular flexibility index (Phi) is 2.34. The molecule has 0 radical (unpaired) electrons. The van der Waals surface area contributed by atoms with Crippen LogP contribution in [0.5, 0.6) is 0 Å². The molecule has 1 rings (SSSR count). The number of hydrogen-bond acceptors (Lipinski definition) is 4. The number of rotatable bonds is 2. The zero-order valence-corrected chi connectivity index (χ0v) is 8.72. The Morgan fingerprint density at radius 1 is 1.54 bits per heavy atom. The maximum Gasteiger partial charge on any atom is 0.194 e. The molecule has 0 bridgehead atoms. The highest BCUT2D eigenvalue weighted by Gasteiger charge is 2.20. The third kappa shape index (κ3) is 1.67. The zero-order chi connectivity index (χ0) is 10.2. The average Bonchev–Trinajstić information content (AvgIpc) is 2.24. The molecule has 0 fully saturated rings. The standard InChI is InChI=1S/C7H13N3O2S/c1-4-5-6(8)7(10(2)9-5)13(3,11)12/h4,8H2,1-3H3. The van der Waals surface area contributed by atoms with Gasteiger partial charge in [0.25, 0.3) is 0 Å². The molecule has 2 N–H and O–H groups in total. The summed E-state index contributed by atoms with van der Waals surface area (Å²) >= 11 is 0. The second-order valence-electron chi connectivity index (χ2n) is 2.91. The number of nitrogens with zero attached hydrogens (tertiary/aromatic N) is 2. The van der Waals surface area contributed by atoms with E-state index >= 15 is 0 Å². The highest BCUT2D eigenvalue weighted by Crippen LogP contribution is 2.21. The molecule has 0 aromatic carbocycles. The number of sulfone groups is 1. The smallest absolute Gasteiger partial charge is 0.194 e. The third-order valence-corrected chi connectivity index (χ3v) is 2.98. The summed E-state index contributed by atoms with van der Waals surface area (Å²) in [5.41, 5.74) is 6.54. The van der Waals surface area contributed by atoms with Crippen LogP contribution in [0.3, 0.4) is 0 Å². The Labute approximate surface area is 77.5 Å². The van der Waals surface area contributed by atoms with Crippen LogP contribution in [-0.4, -0.2) is 24.5 Å². The van der Waals surface area contributed by atoms with Crippen molar-refractivity contribution in [2.45, 2.75) is 18.4 Å². The molecule has 0 aliphatic carbocycles. The van der Waals surface area contributed by atoms with Gasteiger partial charge in [0.05, 0.1) is 11.4 Å². The van der Waals surface area contributed by atoms with Gasteiger partial charge in [-0.2, -0.15) is 5.10 Å². The Balaban J connectivity index is 3.47. The second kappa shape index (κ2) is 3.02. The van der Waals surface area contributed by atoms with Crippen molar-refractivity contribution in [2.24, 2.45) is 7.05 Å². The van der Waals surface area contributed by atoms with E-state index in [0.29, 0.717) is 12.1 Å². The lowest BCUT2D eigenvalue weighted by atomic mass is 10.3. The topological polar surface area (TPSA) is 78.0 Å². The summed E-state index contributed by atoms with van der Waals surface area (Å²) < 4.78 is 23.8. The Morgan fingerprint density at radius 2 is 2.08 bits per heavy atom. The van der Waals surface area contributed by atoms with Gasteiger partial charge in [-0.05, 0) is 6.42 Å². The summed E-state index contributed by atoms with van der Waals surface area (Å²) in [6, 6.07) is 0. The van der Waals surface area contributed by atoms with Gasteiger partial charge in [0.2, 0.25) is 0 Å². The first-order valence-corrected chi connectivity index (χ1v) is 5.78. The molecule has 1 aromatic rings. The van der Waals surface area contributed by atoms with Gasteiger partial charge in [0, 0.05) is 13.3 Å². The van der Waals surface area contributed by atoms with Crippen molar-refractivity contribution in [2.75, 3.05) is 12.0 Å². The Hall–Kier alpha value is -1.04. The van der Waals surface area contributed by atoms with Gasteiger partial charge in [-0.15, -0.1) is 0 Å². The van der Waals surface area contributed by atoms with Crippen molar-refractivity contribution >= 4 is 15.5 Å². The molecule has 0 saturated heterocycles. The summed E-state index contributed by atoms with van der Waals surface area (Å²) in [6.07, 6.45) is 1.76. The number of hydrogen-bond donors (Lipinski definition) is 1. The largest absolute Gasteiger partial charge is 0.395 e. The molecule has 0 spiro atoms. The molecular formula is C7H13N3O2S. The van der Waals surface area contributed by atoms with Crippen LogP contribution in [0, 0.1) is 0 Å². The van der Waals surface area contributed by atoms with Crippen LogP contribution >= 0.6 is 0 Å². The fourth-order valence-electron chi connectivity index (χ4n) is 1.28. The maximum absolute atomic E-state index is 11.3. The maximum atomic E-state index is 11.3. The van der Waals surface area contributed by atoms with Gasteiger partial charge in [-0.1, -0.05) is 6.92 Å². The van der Waals surface area contributed by atoms with E-state index in [9.17, 15) is 8.42 Å². The van der Waals surface area contributed by atoms with Gasteiger partial charge in [-0.25, -0.2) is 8.42 Å². The summed E-state index contributed by atoms with van der Waals surface area (Å²) in [6.45, 7) is 1.88. The Morgan fingerprint density at radius 3 is 2.31 bits per heavy atom. The first-order chi connectivity index (χ1) is 5.88. The van der Waals surface area contributed by atoms with Gasteiger partial charge >= 0.3 is 0 Å². The quantitative estimate of drug-likeness (QED) is 0.732. The van der Waals surface area contributed by atoms with Gasteiger partial charge in [0.1, 0.15) is 0 Å². The van der Waals surface area contributed by atoms with E-state index in [1.165, 1.54) is 4.68 Å². The zero-order valence-electron chi connectivity index (χ0n) is 7.90. The lowest BCUT2D eigenvalue weighted by Gasteiger charge is -1.98. The minimum absolute atomic E-state index is 0.101. The van der Waals surface area contributed by atoms with Crippen molar-refractivity contribution in [1.29, 1.82) is 0 Å². The lowest BCUT2D eigenvalue weighted by molar-refractivity contribution is 0.582. The highest BCUT2D eigenvalue weighted by molar-refractivity contribution is 7.90. The van der Waals surface area contributed by atoms with E-state index < -0.39 is 9.84 Å². The predicted molar refractivity (Wildman–Crippen MR) is 50.1 cm³/mol. The number of anilines is 1. The molecule has 0 aliphatic heterocycles. The number of nitrogens with two attached hydrogens (primary N) is 1. The van der Waals surface area contributed by atoms with E-state index in [1.54, 1.807) is 7.05 Å². The molecule has 1 aromatic heterocycles. The van der Waals surface area contributed by atoms with Crippen LogP contribution < -0.4 is 5.73 Å². The van der Waals surface area contributed by atoms with Crippen LogP contribution in [0.4, 0.5) is 5.69 Å². The molecule has 0 saturated carbocycles. The molecule has 0 amide bonds. The van der Waals surface area contributed by atoms with Crippen LogP contribution in [-0.2, 0) is 23.3 Å². The molecule has 1 heterocycles. The fraction of sp³-hybridized carbons (Fsp3) is 0.571. The summed E-state index contributed by atoms with van der Waals surface area (Å²) in [5.74, 6) is 0. The predicted octanol–water partition coefficient (Wildman–Crippen LogP) is -0.0318. The van der Waals surface area contributed by atoms with Gasteiger partial charge < -0.3 is 5.73 Å². The number of nitrogen functional groups attached to an aromatic ring is 1. The summed E-state index contributed by atoms with van der Waals surface area (Å²) in [4.78, 5) is 0. The van der Waals surface area contributed by atoms with Crippen molar-refractivity contribution in [3.63, 3.8) is 0 Å². The molecular weight excluding hydrogens is 190 g/mol. The van der Waals surface area contributed by atoms with E-state index in [2.05, 4.69) is 5.10 Å². The van der Waals surface area contributed by atoms with E-state index in [0.717, 1.165) is 6.26 Å². The summed E-state index contributed by atoms with van der Waals surface area (Å²) in [7, 11) is -1.70. The molecule has 13 heavy (non-hydrogen) atoms. The molecule has 74 valence electrons. The molecule has 6 heteroatoms. The van der Waals surface area contributed by atoms with E-state index in [1.807, 2.05) is 6.92 Å². The van der Waals surface area contributed by atoms with Crippen LogP contribution in [0.25, 0.3) is 0 Å². The van der Waals surface area contributed by atoms with Crippen molar-refractivity contribution in [3.05, 3.63) is 5.69 Å². The normalized spacial score (nSPS) is 11.9. The first kappa shape index (κ1) is 10.0. The van der Waals surface area contributed by atoms with Crippen molar-refractivity contribution < 1.29 is 8.42 Å². The van der Waals surface area contributed by atoms with Gasteiger partial charge in [0.15, 0.2) is 14.9 Å². The molecule has 0 atom stereocenters. The van der Waals surface area contributed by atoms with E-state index in [-0.39, 0.29) is 10.7 Å². The first-order valence-electron chi connectivity index (χ1n) is 3.89. The summed E-state index contributed by atoms with van der Waals surface area (Å²) in [5, 5.41) is 4.11.